The summed E-state index contributed by atoms with van der Waals surface area (Å²) in [5.41, 5.74) is 0.774. The van der Waals surface area contributed by atoms with Crippen molar-refractivity contribution in [3.05, 3.63) is 29.3 Å². The lowest BCUT2D eigenvalue weighted by atomic mass is 9.97. The number of nitrogens with zero attached hydrogens (tertiary/aromatic N) is 1. The van der Waals surface area contributed by atoms with Crippen LogP contribution in [0, 0.1) is 5.92 Å². The largest absolute Gasteiger partial charge is 0.326 e. The first-order chi connectivity index (χ1) is 8.15. The Bertz CT molecular complexity index is 408. The SMILES string of the molecule is CN1CCCC(C(=O)Nc2cccc(Cl)c2)C1. The predicted octanol–water partition coefficient (Wildman–Crippen LogP) is 2.62. The summed E-state index contributed by atoms with van der Waals surface area (Å²) in [5.74, 6) is 0.187. The van der Waals surface area contributed by atoms with Gasteiger partial charge < -0.3 is 10.2 Å². The van der Waals surface area contributed by atoms with Gasteiger partial charge in [-0.1, -0.05) is 17.7 Å². The normalized spacial score (nSPS) is 21.2. The minimum Gasteiger partial charge on any atom is -0.326 e. The fourth-order valence-corrected chi connectivity index (χ4v) is 2.38. The van der Waals surface area contributed by atoms with Crippen LogP contribution in [0.5, 0.6) is 0 Å². The lowest BCUT2D eigenvalue weighted by molar-refractivity contribution is -0.121. The second kappa shape index (κ2) is 5.52. The van der Waals surface area contributed by atoms with E-state index >= 15 is 0 Å². The van der Waals surface area contributed by atoms with Gasteiger partial charge in [-0.2, -0.15) is 0 Å². The van der Waals surface area contributed by atoms with Gasteiger partial charge in [-0.3, -0.25) is 4.79 Å². The molecule has 1 N–H and O–H groups in total. The van der Waals surface area contributed by atoms with Crippen LogP contribution in [0.15, 0.2) is 24.3 Å². The van der Waals surface area contributed by atoms with Crippen molar-refractivity contribution >= 4 is 23.2 Å². The molecule has 2 rings (SSSR count). The van der Waals surface area contributed by atoms with Gasteiger partial charge in [0.15, 0.2) is 0 Å². The molecule has 0 radical (unpaired) electrons. The number of nitrogens with one attached hydrogen (secondary N) is 1. The van der Waals surface area contributed by atoms with E-state index in [1.165, 1.54) is 0 Å². The summed E-state index contributed by atoms with van der Waals surface area (Å²) in [4.78, 5) is 14.2. The Labute approximate surface area is 107 Å². The van der Waals surface area contributed by atoms with Gasteiger partial charge in [-0.25, -0.2) is 0 Å². The average Bonchev–Trinajstić information content (AvgIpc) is 2.29. The molecule has 1 amide bonds. The number of carbonyl (C=O) groups is 1. The van der Waals surface area contributed by atoms with Crippen molar-refractivity contribution in [1.29, 1.82) is 0 Å². The van der Waals surface area contributed by atoms with E-state index in [2.05, 4.69) is 17.3 Å². The lowest BCUT2D eigenvalue weighted by Gasteiger charge is -2.28. The third-order valence-electron chi connectivity index (χ3n) is 3.09. The molecule has 3 nitrogen and oxygen atoms in total. The highest BCUT2D eigenvalue weighted by atomic mass is 35.5. The van der Waals surface area contributed by atoms with Crippen LogP contribution in [0.4, 0.5) is 5.69 Å². The van der Waals surface area contributed by atoms with E-state index in [4.69, 9.17) is 11.6 Å². The first-order valence-electron chi connectivity index (χ1n) is 5.90. The molecule has 1 atom stereocenters. The van der Waals surface area contributed by atoms with E-state index < -0.39 is 0 Å². The van der Waals surface area contributed by atoms with Gasteiger partial charge in [0.2, 0.25) is 5.91 Å². The molecule has 1 aliphatic rings. The Morgan fingerprint density at radius 3 is 3.06 bits per heavy atom. The molecule has 0 spiro atoms. The fraction of sp³-hybridized carbons (Fsp3) is 0.462. The first-order valence-corrected chi connectivity index (χ1v) is 6.28. The van der Waals surface area contributed by atoms with Crippen LogP contribution in [-0.2, 0) is 4.79 Å². The summed E-state index contributed by atoms with van der Waals surface area (Å²) in [7, 11) is 2.05. The molecule has 1 unspecified atom stereocenters. The van der Waals surface area contributed by atoms with Crippen molar-refractivity contribution < 1.29 is 4.79 Å². The molecule has 1 aromatic rings. The van der Waals surface area contributed by atoms with E-state index in [1.54, 1.807) is 12.1 Å². The quantitative estimate of drug-likeness (QED) is 0.878. The van der Waals surface area contributed by atoms with Crippen molar-refractivity contribution in [3.63, 3.8) is 0 Å². The van der Waals surface area contributed by atoms with E-state index in [1.807, 2.05) is 12.1 Å². The molecule has 1 aromatic carbocycles. The van der Waals surface area contributed by atoms with Crippen molar-refractivity contribution in [3.8, 4) is 0 Å². The van der Waals surface area contributed by atoms with Crippen molar-refractivity contribution in [2.24, 2.45) is 5.92 Å². The van der Waals surface area contributed by atoms with Gasteiger partial charge >= 0.3 is 0 Å². The topological polar surface area (TPSA) is 32.3 Å². The van der Waals surface area contributed by atoms with Gasteiger partial charge in [0.05, 0.1) is 5.92 Å². The zero-order valence-corrected chi connectivity index (χ0v) is 10.7. The molecule has 1 saturated heterocycles. The van der Waals surface area contributed by atoms with Crippen molar-refractivity contribution in [2.45, 2.75) is 12.8 Å². The molecule has 17 heavy (non-hydrogen) atoms. The standard InChI is InChI=1S/C13H17ClN2O/c1-16-7-3-4-10(9-16)13(17)15-12-6-2-5-11(14)8-12/h2,5-6,8,10H,3-4,7,9H2,1H3,(H,15,17). The van der Waals surface area contributed by atoms with Gasteiger partial charge in [-0.15, -0.1) is 0 Å². The minimum atomic E-state index is 0.0905. The van der Waals surface area contributed by atoms with Crippen molar-refractivity contribution in [1.82, 2.24) is 4.90 Å². The fourth-order valence-electron chi connectivity index (χ4n) is 2.19. The van der Waals surface area contributed by atoms with Crippen LogP contribution < -0.4 is 5.32 Å². The molecule has 1 heterocycles. The molecule has 0 aliphatic carbocycles. The monoisotopic (exact) mass is 252 g/mol. The van der Waals surface area contributed by atoms with Crippen LogP contribution >= 0.6 is 11.6 Å². The number of rotatable bonds is 2. The van der Waals surface area contributed by atoms with E-state index in [0.29, 0.717) is 5.02 Å². The number of carbonyl (C=O) groups excluding carboxylic acids is 1. The van der Waals surface area contributed by atoms with Gasteiger partial charge in [0.1, 0.15) is 0 Å². The average molecular weight is 253 g/mol. The number of anilines is 1. The lowest BCUT2D eigenvalue weighted by Crippen LogP contribution is -2.38. The van der Waals surface area contributed by atoms with E-state index in [9.17, 15) is 4.79 Å². The number of hydrogen-bond acceptors (Lipinski definition) is 2. The third-order valence-corrected chi connectivity index (χ3v) is 3.32. The minimum absolute atomic E-state index is 0.0905. The molecule has 0 bridgehead atoms. The van der Waals surface area contributed by atoms with Crippen LogP contribution in [0.2, 0.25) is 5.02 Å². The third kappa shape index (κ3) is 3.45. The summed E-state index contributed by atoms with van der Waals surface area (Å²) < 4.78 is 0. The number of amides is 1. The molecule has 1 fully saturated rings. The molecule has 1 aliphatic heterocycles. The van der Waals surface area contributed by atoms with Crippen LogP contribution in [-0.4, -0.2) is 30.9 Å². The molecular weight excluding hydrogens is 236 g/mol. The van der Waals surface area contributed by atoms with Gasteiger partial charge in [0, 0.05) is 17.3 Å². The number of piperidine rings is 1. The summed E-state index contributed by atoms with van der Waals surface area (Å²) in [6.07, 6.45) is 2.06. The Kier molecular flexibility index (Phi) is 4.02. The molecular formula is C13H17ClN2O. The molecule has 0 saturated carbocycles. The zero-order chi connectivity index (χ0) is 12.3. The van der Waals surface area contributed by atoms with Crippen LogP contribution in [0.25, 0.3) is 0 Å². The second-order valence-corrected chi connectivity index (χ2v) is 5.04. The molecule has 0 aromatic heterocycles. The zero-order valence-electron chi connectivity index (χ0n) is 9.95. The summed E-state index contributed by atoms with van der Waals surface area (Å²) in [5, 5.41) is 3.57. The Hall–Kier alpha value is -1.06. The number of likely N-dealkylation sites (tertiary alicyclic amines) is 1. The maximum Gasteiger partial charge on any atom is 0.228 e. The number of halogens is 1. The second-order valence-electron chi connectivity index (χ2n) is 4.60. The smallest absolute Gasteiger partial charge is 0.228 e. The number of benzene rings is 1. The highest BCUT2D eigenvalue weighted by Crippen LogP contribution is 2.19. The maximum atomic E-state index is 12.0. The van der Waals surface area contributed by atoms with Crippen molar-refractivity contribution in [2.75, 3.05) is 25.5 Å². The van der Waals surface area contributed by atoms with Gasteiger partial charge in [0.25, 0.3) is 0 Å². The Morgan fingerprint density at radius 1 is 1.53 bits per heavy atom. The molecule has 4 heteroatoms. The first kappa shape index (κ1) is 12.4. The predicted molar refractivity (Wildman–Crippen MR) is 70.3 cm³/mol. The Balaban J connectivity index is 1.96. The van der Waals surface area contributed by atoms with Gasteiger partial charge in [-0.05, 0) is 44.6 Å². The highest BCUT2D eigenvalue weighted by Gasteiger charge is 2.23. The van der Waals surface area contributed by atoms with Crippen LogP contribution in [0.3, 0.4) is 0 Å². The molecule has 92 valence electrons. The highest BCUT2D eigenvalue weighted by molar-refractivity contribution is 6.30. The van der Waals surface area contributed by atoms with Crippen LogP contribution in [0.1, 0.15) is 12.8 Å². The maximum absolute atomic E-state index is 12.0. The summed E-state index contributed by atoms with van der Waals surface area (Å²) in [6.45, 7) is 1.92. The summed E-state index contributed by atoms with van der Waals surface area (Å²) in [6, 6.07) is 7.26. The van der Waals surface area contributed by atoms with E-state index in [0.717, 1.165) is 31.6 Å². The summed E-state index contributed by atoms with van der Waals surface area (Å²) >= 11 is 5.88. The Morgan fingerprint density at radius 2 is 2.35 bits per heavy atom. The number of hydrogen-bond donors (Lipinski definition) is 1. The van der Waals surface area contributed by atoms with E-state index in [-0.39, 0.29) is 11.8 Å².